The highest BCUT2D eigenvalue weighted by atomic mass is 16.5. The largest absolute Gasteiger partial charge is 0.488 e. The van der Waals surface area contributed by atoms with E-state index in [1.165, 1.54) is 0 Å². The standard InChI is InChI=1S/C18H22N4O3/c1-3-22-15(9-10-20-22)18(24)21-12-14(11-16(21)17(23)19-2)25-13-7-5-4-6-8-13/h4-10,14,16H,3,11-12H2,1-2H3,(H,19,23)/t14-,16-/m0/s1. The summed E-state index contributed by atoms with van der Waals surface area (Å²) >= 11 is 0. The third-order valence-electron chi connectivity index (χ3n) is 4.35. The van der Waals surface area contributed by atoms with Crippen molar-refractivity contribution in [3.05, 3.63) is 48.3 Å². The Morgan fingerprint density at radius 2 is 2.04 bits per heavy atom. The number of likely N-dealkylation sites (N-methyl/N-ethyl adjacent to an activating group) is 1. The second-order valence-corrected chi connectivity index (χ2v) is 5.91. The first-order chi connectivity index (χ1) is 12.1. The summed E-state index contributed by atoms with van der Waals surface area (Å²) in [6.07, 6.45) is 1.83. The number of likely N-dealkylation sites (tertiary alicyclic amines) is 1. The fourth-order valence-electron chi connectivity index (χ4n) is 3.13. The highest BCUT2D eigenvalue weighted by Gasteiger charge is 2.41. The second-order valence-electron chi connectivity index (χ2n) is 5.91. The van der Waals surface area contributed by atoms with Crippen molar-refractivity contribution in [2.24, 2.45) is 0 Å². The molecule has 0 radical (unpaired) electrons. The van der Waals surface area contributed by atoms with E-state index in [0.717, 1.165) is 5.75 Å². The molecule has 7 heteroatoms. The highest BCUT2D eigenvalue weighted by Crippen LogP contribution is 2.25. The maximum atomic E-state index is 12.9. The van der Waals surface area contributed by atoms with Crippen LogP contribution in [0.25, 0.3) is 0 Å². The third-order valence-corrected chi connectivity index (χ3v) is 4.35. The zero-order valence-electron chi connectivity index (χ0n) is 14.4. The molecule has 1 fully saturated rings. The molecule has 0 aliphatic carbocycles. The van der Waals surface area contributed by atoms with Crippen LogP contribution in [0.15, 0.2) is 42.6 Å². The minimum atomic E-state index is -0.550. The van der Waals surface area contributed by atoms with Gasteiger partial charge < -0.3 is 15.0 Å². The number of para-hydroxylation sites is 1. The van der Waals surface area contributed by atoms with Crippen LogP contribution in [0.5, 0.6) is 5.75 Å². The van der Waals surface area contributed by atoms with Gasteiger partial charge in [0.15, 0.2) is 0 Å². The molecule has 0 unspecified atom stereocenters. The summed E-state index contributed by atoms with van der Waals surface area (Å²) in [5.41, 5.74) is 0.483. The van der Waals surface area contributed by atoms with Gasteiger partial charge in [-0.2, -0.15) is 5.10 Å². The Morgan fingerprint density at radius 3 is 2.72 bits per heavy atom. The second kappa shape index (κ2) is 7.38. The number of carbonyl (C=O) groups excluding carboxylic acids is 2. The predicted molar refractivity (Wildman–Crippen MR) is 92.3 cm³/mol. The molecule has 1 aliphatic rings. The Bertz CT molecular complexity index is 744. The SMILES string of the molecule is CCn1nccc1C(=O)N1C[C@@H](Oc2ccccc2)C[C@H]1C(=O)NC. The number of amides is 2. The zero-order chi connectivity index (χ0) is 17.8. The highest BCUT2D eigenvalue weighted by molar-refractivity contribution is 5.96. The van der Waals surface area contributed by atoms with Gasteiger partial charge in [-0.3, -0.25) is 14.3 Å². The zero-order valence-corrected chi connectivity index (χ0v) is 14.4. The van der Waals surface area contributed by atoms with Crippen LogP contribution >= 0.6 is 0 Å². The summed E-state index contributed by atoms with van der Waals surface area (Å²) in [5, 5.41) is 6.78. The molecule has 3 rings (SSSR count). The van der Waals surface area contributed by atoms with E-state index in [9.17, 15) is 9.59 Å². The van der Waals surface area contributed by atoms with Crippen molar-refractivity contribution in [2.75, 3.05) is 13.6 Å². The smallest absolute Gasteiger partial charge is 0.272 e. The first kappa shape index (κ1) is 17.0. The number of nitrogens with one attached hydrogen (secondary N) is 1. The number of ether oxygens (including phenoxy) is 1. The summed E-state index contributed by atoms with van der Waals surface area (Å²) in [6.45, 7) is 2.88. The molecule has 2 aromatic rings. The predicted octanol–water partition coefficient (Wildman–Crippen LogP) is 1.31. The molecular weight excluding hydrogens is 320 g/mol. The molecule has 132 valence electrons. The summed E-state index contributed by atoms with van der Waals surface area (Å²) in [6, 6.07) is 10.6. The molecule has 2 amide bonds. The van der Waals surface area contributed by atoms with Crippen molar-refractivity contribution >= 4 is 11.8 Å². The number of hydrogen-bond donors (Lipinski definition) is 1. The van der Waals surface area contributed by atoms with Crippen LogP contribution in [0.3, 0.4) is 0 Å². The molecule has 0 spiro atoms. The fraction of sp³-hybridized carbons (Fsp3) is 0.389. The molecule has 25 heavy (non-hydrogen) atoms. The van der Waals surface area contributed by atoms with Gasteiger partial charge in [0.1, 0.15) is 23.6 Å². The number of rotatable bonds is 5. The molecule has 2 heterocycles. The van der Waals surface area contributed by atoms with Gasteiger partial charge in [0.2, 0.25) is 5.91 Å². The first-order valence-corrected chi connectivity index (χ1v) is 8.40. The van der Waals surface area contributed by atoms with Gasteiger partial charge >= 0.3 is 0 Å². The minimum Gasteiger partial charge on any atom is -0.488 e. The summed E-state index contributed by atoms with van der Waals surface area (Å²) in [4.78, 5) is 26.8. The molecule has 1 aliphatic heterocycles. The van der Waals surface area contributed by atoms with E-state index in [4.69, 9.17) is 4.74 Å². The van der Waals surface area contributed by atoms with Gasteiger partial charge in [-0.15, -0.1) is 0 Å². The molecule has 1 aromatic heterocycles. The number of aromatic nitrogens is 2. The van der Waals surface area contributed by atoms with E-state index in [1.54, 1.807) is 28.9 Å². The molecule has 7 nitrogen and oxygen atoms in total. The Hall–Kier alpha value is -2.83. The van der Waals surface area contributed by atoms with Gasteiger partial charge in [0.05, 0.1) is 6.54 Å². The number of aryl methyl sites for hydroxylation is 1. The van der Waals surface area contributed by atoms with E-state index in [1.807, 2.05) is 37.3 Å². The van der Waals surface area contributed by atoms with Gasteiger partial charge in [0, 0.05) is 26.2 Å². The normalized spacial score (nSPS) is 19.7. The lowest BCUT2D eigenvalue weighted by molar-refractivity contribution is -0.124. The molecule has 0 saturated carbocycles. The van der Waals surface area contributed by atoms with E-state index in [0.29, 0.717) is 25.2 Å². The van der Waals surface area contributed by atoms with Crippen LogP contribution in [0.2, 0.25) is 0 Å². The van der Waals surface area contributed by atoms with E-state index < -0.39 is 6.04 Å². The fourth-order valence-corrected chi connectivity index (χ4v) is 3.13. The molecule has 1 saturated heterocycles. The number of carbonyl (C=O) groups is 2. The Kier molecular flexibility index (Phi) is 5.02. The van der Waals surface area contributed by atoms with E-state index in [2.05, 4.69) is 10.4 Å². The van der Waals surface area contributed by atoms with Gasteiger partial charge in [0.25, 0.3) is 5.91 Å². The molecular formula is C18H22N4O3. The average molecular weight is 342 g/mol. The number of benzene rings is 1. The van der Waals surface area contributed by atoms with Crippen molar-refractivity contribution in [1.82, 2.24) is 20.0 Å². The van der Waals surface area contributed by atoms with Crippen LogP contribution in [-0.2, 0) is 11.3 Å². The van der Waals surface area contributed by atoms with Crippen molar-refractivity contribution in [3.8, 4) is 5.75 Å². The van der Waals surface area contributed by atoms with Gasteiger partial charge in [-0.25, -0.2) is 0 Å². The van der Waals surface area contributed by atoms with Gasteiger partial charge in [-0.1, -0.05) is 18.2 Å². The Balaban J connectivity index is 1.80. The van der Waals surface area contributed by atoms with Crippen LogP contribution in [-0.4, -0.2) is 52.2 Å². The average Bonchev–Trinajstić information content (AvgIpc) is 3.28. The lowest BCUT2D eigenvalue weighted by Gasteiger charge is -2.23. The van der Waals surface area contributed by atoms with Crippen molar-refractivity contribution in [1.29, 1.82) is 0 Å². The lowest BCUT2D eigenvalue weighted by atomic mass is 10.2. The summed E-state index contributed by atoms with van der Waals surface area (Å²) in [5.74, 6) is 0.346. The van der Waals surface area contributed by atoms with Crippen molar-refractivity contribution in [2.45, 2.75) is 32.0 Å². The first-order valence-electron chi connectivity index (χ1n) is 8.40. The van der Waals surface area contributed by atoms with Crippen LogP contribution in [0, 0.1) is 0 Å². The maximum Gasteiger partial charge on any atom is 0.272 e. The number of hydrogen-bond acceptors (Lipinski definition) is 4. The van der Waals surface area contributed by atoms with E-state index in [-0.39, 0.29) is 17.9 Å². The topological polar surface area (TPSA) is 76.5 Å². The van der Waals surface area contributed by atoms with E-state index >= 15 is 0 Å². The van der Waals surface area contributed by atoms with Crippen molar-refractivity contribution < 1.29 is 14.3 Å². The molecule has 1 N–H and O–H groups in total. The quantitative estimate of drug-likeness (QED) is 0.889. The van der Waals surface area contributed by atoms with Crippen LogP contribution < -0.4 is 10.1 Å². The molecule has 1 aromatic carbocycles. The molecule has 2 atom stereocenters. The monoisotopic (exact) mass is 342 g/mol. The summed E-state index contributed by atoms with van der Waals surface area (Å²) in [7, 11) is 1.58. The van der Waals surface area contributed by atoms with Crippen molar-refractivity contribution in [3.63, 3.8) is 0 Å². The van der Waals surface area contributed by atoms with Crippen LogP contribution in [0.4, 0.5) is 0 Å². The van der Waals surface area contributed by atoms with Gasteiger partial charge in [-0.05, 0) is 25.1 Å². The minimum absolute atomic E-state index is 0.185. The maximum absolute atomic E-state index is 12.9. The summed E-state index contributed by atoms with van der Waals surface area (Å²) < 4.78 is 7.59. The van der Waals surface area contributed by atoms with Crippen LogP contribution in [0.1, 0.15) is 23.8 Å². The Morgan fingerprint density at radius 1 is 1.28 bits per heavy atom. The number of nitrogens with zero attached hydrogens (tertiary/aromatic N) is 3. The lowest BCUT2D eigenvalue weighted by Crippen LogP contribution is -2.45. The Labute approximate surface area is 146 Å². The molecule has 0 bridgehead atoms. The third kappa shape index (κ3) is 3.50.